The average Bonchev–Trinajstić information content (AvgIpc) is 2.74. The van der Waals surface area contributed by atoms with Crippen molar-refractivity contribution < 1.29 is 22.3 Å². The standard InChI is InChI=1S/C23H15F4NO2/c1-30-18-10-11-19-20(12-18)21(14-2-4-15(5-3-14)23(25,26)27)13-28(22(19)29)17-8-6-16(24)7-9-17/h2-13H,1H3. The van der Waals surface area contributed by atoms with Gasteiger partial charge in [0.25, 0.3) is 5.56 Å². The minimum Gasteiger partial charge on any atom is -0.497 e. The number of nitrogens with zero attached hydrogens (tertiary/aromatic N) is 1. The second-order valence-electron chi connectivity index (χ2n) is 6.68. The van der Waals surface area contributed by atoms with Crippen LogP contribution in [0.15, 0.2) is 77.7 Å². The number of rotatable bonds is 3. The van der Waals surface area contributed by atoms with Crippen LogP contribution in [0.4, 0.5) is 17.6 Å². The molecule has 4 aromatic rings. The molecule has 1 aromatic heterocycles. The van der Waals surface area contributed by atoms with Gasteiger partial charge in [-0.15, -0.1) is 0 Å². The summed E-state index contributed by atoms with van der Waals surface area (Å²) in [6.45, 7) is 0. The molecule has 7 heteroatoms. The lowest BCUT2D eigenvalue weighted by atomic mass is 9.99. The highest BCUT2D eigenvalue weighted by atomic mass is 19.4. The van der Waals surface area contributed by atoms with E-state index in [1.165, 1.54) is 48.1 Å². The van der Waals surface area contributed by atoms with E-state index in [4.69, 9.17) is 4.74 Å². The molecule has 0 amide bonds. The highest BCUT2D eigenvalue weighted by Gasteiger charge is 2.30. The molecule has 0 unspecified atom stereocenters. The molecule has 0 spiro atoms. The van der Waals surface area contributed by atoms with E-state index in [0.29, 0.717) is 33.3 Å². The van der Waals surface area contributed by atoms with Crippen molar-refractivity contribution in [2.24, 2.45) is 0 Å². The highest BCUT2D eigenvalue weighted by molar-refractivity contribution is 5.97. The van der Waals surface area contributed by atoms with Crippen molar-refractivity contribution in [1.29, 1.82) is 0 Å². The van der Waals surface area contributed by atoms with Crippen LogP contribution in [0.5, 0.6) is 5.75 Å². The summed E-state index contributed by atoms with van der Waals surface area (Å²) in [6, 6.07) is 15.0. The zero-order valence-corrected chi connectivity index (χ0v) is 15.7. The van der Waals surface area contributed by atoms with Crippen LogP contribution in [0.25, 0.3) is 27.6 Å². The van der Waals surface area contributed by atoms with E-state index in [-0.39, 0.29) is 5.56 Å². The van der Waals surface area contributed by atoms with E-state index in [9.17, 15) is 22.4 Å². The SMILES string of the molecule is COc1ccc2c(=O)n(-c3ccc(F)cc3)cc(-c3ccc(C(F)(F)F)cc3)c2c1. The number of ether oxygens (including phenoxy) is 1. The van der Waals surface area contributed by atoms with Gasteiger partial charge in [0.1, 0.15) is 11.6 Å². The molecular formula is C23H15F4NO2. The van der Waals surface area contributed by atoms with Crippen LogP contribution in [0, 0.1) is 5.82 Å². The van der Waals surface area contributed by atoms with Crippen molar-refractivity contribution >= 4 is 10.8 Å². The molecule has 0 aliphatic rings. The van der Waals surface area contributed by atoms with Crippen molar-refractivity contribution in [1.82, 2.24) is 4.57 Å². The molecule has 0 saturated heterocycles. The lowest BCUT2D eigenvalue weighted by molar-refractivity contribution is -0.137. The zero-order valence-electron chi connectivity index (χ0n) is 15.7. The third-order valence-electron chi connectivity index (χ3n) is 4.85. The summed E-state index contributed by atoms with van der Waals surface area (Å²) in [5.74, 6) is 0.0647. The van der Waals surface area contributed by atoms with Gasteiger partial charge in [0.05, 0.1) is 12.7 Å². The second-order valence-corrected chi connectivity index (χ2v) is 6.68. The fourth-order valence-electron chi connectivity index (χ4n) is 3.31. The molecule has 1 heterocycles. The smallest absolute Gasteiger partial charge is 0.416 e. The van der Waals surface area contributed by atoms with Gasteiger partial charge in [0.2, 0.25) is 0 Å². The minimum absolute atomic E-state index is 0.338. The van der Waals surface area contributed by atoms with Gasteiger partial charge in [-0.1, -0.05) is 12.1 Å². The Kier molecular flexibility index (Phi) is 4.81. The topological polar surface area (TPSA) is 31.2 Å². The van der Waals surface area contributed by atoms with Gasteiger partial charge in [0.15, 0.2) is 0 Å². The number of halogens is 4. The van der Waals surface area contributed by atoms with Gasteiger partial charge in [-0.05, 0) is 60.2 Å². The first-order chi connectivity index (χ1) is 14.3. The third-order valence-corrected chi connectivity index (χ3v) is 4.85. The predicted octanol–water partition coefficient (Wildman–Crippen LogP) is 5.82. The van der Waals surface area contributed by atoms with Gasteiger partial charge in [-0.25, -0.2) is 4.39 Å². The Bertz CT molecular complexity index is 1270. The van der Waals surface area contributed by atoms with Gasteiger partial charge in [-0.2, -0.15) is 13.2 Å². The largest absolute Gasteiger partial charge is 0.497 e. The van der Waals surface area contributed by atoms with E-state index in [2.05, 4.69) is 0 Å². The molecule has 0 bridgehead atoms. The van der Waals surface area contributed by atoms with E-state index in [1.54, 1.807) is 24.4 Å². The van der Waals surface area contributed by atoms with E-state index in [0.717, 1.165) is 12.1 Å². The van der Waals surface area contributed by atoms with Crippen LogP contribution in [0.3, 0.4) is 0 Å². The fraction of sp³-hybridized carbons (Fsp3) is 0.0870. The molecule has 152 valence electrons. The first-order valence-corrected chi connectivity index (χ1v) is 8.95. The van der Waals surface area contributed by atoms with Crippen molar-refractivity contribution in [2.45, 2.75) is 6.18 Å². The number of pyridine rings is 1. The summed E-state index contributed by atoms with van der Waals surface area (Å²) >= 11 is 0. The summed E-state index contributed by atoms with van der Waals surface area (Å²) < 4.78 is 58.8. The molecule has 0 saturated carbocycles. The molecule has 30 heavy (non-hydrogen) atoms. The van der Waals surface area contributed by atoms with E-state index in [1.807, 2.05) is 0 Å². The second kappa shape index (κ2) is 7.33. The minimum atomic E-state index is -4.45. The highest BCUT2D eigenvalue weighted by Crippen LogP contribution is 2.34. The number of aromatic nitrogens is 1. The zero-order chi connectivity index (χ0) is 21.5. The molecule has 0 radical (unpaired) electrons. The molecule has 0 N–H and O–H groups in total. The lowest BCUT2D eigenvalue weighted by Gasteiger charge is -2.14. The third kappa shape index (κ3) is 3.54. The molecule has 4 rings (SSSR count). The fourth-order valence-corrected chi connectivity index (χ4v) is 3.31. The predicted molar refractivity (Wildman–Crippen MR) is 106 cm³/mol. The summed E-state index contributed by atoms with van der Waals surface area (Å²) in [5, 5.41) is 0.898. The van der Waals surface area contributed by atoms with Crippen molar-refractivity contribution in [3.05, 3.63) is 94.7 Å². The number of alkyl halides is 3. The van der Waals surface area contributed by atoms with Crippen LogP contribution in [0.2, 0.25) is 0 Å². The quantitative estimate of drug-likeness (QED) is 0.396. The Balaban J connectivity index is 2.00. The molecule has 3 aromatic carbocycles. The first-order valence-electron chi connectivity index (χ1n) is 8.95. The van der Waals surface area contributed by atoms with Crippen LogP contribution in [0.1, 0.15) is 5.56 Å². The van der Waals surface area contributed by atoms with Gasteiger partial charge < -0.3 is 4.74 Å². The Hall–Kier alpha value is -3.61. The number of fused-ring (bicyclic) bond motifs is 1. The number of benzene rings is 3. The van der Waals surface area contributed by atoms with Gasteiger partial charge in [-0.3, -0.25) is 9.36 Å². The molecular weight excluding hydrogens is 398 g/mol. The summed E-state index contributed by atoms with van der Waals surface area (Å²) in [5.41, 5.74) is 0.376. The summed E-state index contributed by atoms with van der Waals surface area (Å²) in [4.78, 5) is 13.1. The Morgan fingerprint density at radius 1 is 0.867 bits per heavy atom. The normalized spacial score (nSPS) is 11.6. The lowest BCUT2D eigenvalue weighted by Crippen LogP contribution is -2.18. The molecule has 0 atom stereocenters. The molecule has 0 aliphatic carbocycles. The van der Waals surface area contributed by atoms with Gasteiger partial charge in [0, 0.05) is 28.2 Å². The van der Waals surface area contributed by atoms with Crippen molar-refractivity contribution in [3.8, 4) is 22.6 Å². The van der Waals surface area contributed by atoms with Crippen molar-refractivity contribution in [2.75, 3.05) is 7.11 Å². The van der Waals surface area contributed by atoms with Crippen LogP contribution >= 0.6 is 0 Å². The Morgan fingerprint density at radius 2 is 1.53 bits per heavy atom. The van der Waals surface area contributed by atoms with Gasteiger partial charge >= 0.3 is 6.18 Å². The molecule has 0 aliphatic heterocycles. The number of hydrogen-bond donors (Lipinski definition) is 0. The van der Waals surface area contributed by atoms with Crippen LogP contribution in [-0.2, 0) is 6.18 Å². The van der Waals surface area contributed by atoms with E-state index < -0.39 is 17.6 Å². The van der Waals surface area contributed by atoms with Crippen molar-refractivity contribution in [3.63, 3.8) is 0 Å². The molecule has 0 fully saturated rings. The first kappa shape index (κ1) is 19.7. The summed E-state index contributed by atoms with van der Waals surface area (Å²) in [6.07, 6.45) is -2.91. The number of hydrogen-bond acceptors (Lipinski definition) is 2. The van der Waals surface area contributed by atoms with Crippen LogP contribution in [-0.4, -0.2) is 11.7 Å². The number of methoxy groups -OCH3 is 1. The Morgan fingerprint density at radius 3 is 2.13 bits per heavy atom. The van der Waals surface area contributed by atoms with Crippen LogP contribution < -0.4 is 10.3 Å². The summed E-state index contributed by atoms with van der Waals surface area (Å²) in [7, 11) is 1.48. The molecule has 3 nitrogen and oxygen atoms in total. The maximum absolute atomic E-state index is 13.3. The van der Waals surface area contributed by atoms with E-state index >= 15 is 0 Å². The maximum atomic E-state index is 13.3. The monoisotopic (exact) mass is 413 g/mol. The average molecular weight is 413 g/mol. The Labute approximate surface area is 168 Å². The maximum Gasteiger partial charge on any atom is 0.416 e.